The zero-order valence-corrected chi connectivity index (χ0v) is 11.7. The van der Waals surface area contributed by atoms with E-state index in [0.717, 1.165) is 5.56 Å². The van der Waals surface area contributed by atoms with Gasteiger partial charge in [-0.25, -0.2) is 4.79 Å². The van der Waals surface area contributed by atoms with Crippen LogP contribution in [-0.4, -0.2) is 25.2 Å². The third kappa shape index (κ3) is 5.71. The van der Waals surface area contributed by atoms with E-state index in [9.17, 15) is 9.59 Å². The highest BCUT2D eigenvalue weighted by atomic mass is 16.5. The summed E-state index contributed by atoms with van der Waals surface area (Å²) in [5.41, 5.74) is 6.67. The van der Waals surface area contributed by atoms with Crippen molar-refractivity contribution in [2.75, 3.05) is 18.5 Å². The first-order valence-electron chi connectivity index (χ1n) is 6.42. The maximum Gasteiger partial charge on any atom is 0.411 e. The van der Waals surface area contributed by atoms with Crippen molar-refractivity contribution in [2.24, 2.45) is 11.7 Å². The van der Waals surface area contributed by atoms with Crippen LogP contribution in [0.3, 0.4) is 0 Å². The van der Waals surface area contributed by atoms with E-state index in [2.05, 4.69) is 5.32 Å². The molecule has 1 amide bonds. The van der Waals surface area contributed by atoms with Gasteiger partial charge in [-0.05, 0) is 17.7 Å². The fourth-order valence-electron chi connectivity index (χ4n) is 1.31. The van der Waals surface area contributed by atoms with Crippen LogP contribution < -0.4 is 11.1 Å². The molecule has 0 atom stereocenters. The molecule has 0 unspecified atom stereocenters. The van der Waals surface area contributed by atoms with Crippen molar-refractivity contribution < 1.29 is 19.1 Å². The molecule has 0 saturated carbocycles. The number of nitrogens with two attached hydrogens (primary N) is 1. The molecular weight excluding hydrogens is 260 g/mol. The van der Waals surface area contributed by atoms with Gasteiger partial charge in [0.1, 0.15) is 13.2 Å². The molecule has 20 heavy (non-hydrogen) atoms. The highest BCUT2D eigenvalue weighted by molar-refractivity contribution is 5.84. The first-order chi connectivity index (χ1) is 9.52. The Kier molecular flexibility index (Phi) is 6.52. The number of hydrogen-bond acceptors (Lipinski definition) is 5. The molecule has 0 aliphatic heterocycles. The van der Waals surface area contributed by atoms with Crippen molar-refractivity contribution >= 4 is 17.7 Å². The van der Waals surface area contributed by atoms with Crippen LogP contribution in [0.1, 0.15) is 19.4 Å². The van der Waals surface area contributed by atoms with Gasteiger partial charge in [-0.2, -0.15) is 0 Å². The molecule has 1 aromatic rings. The van der Waals surface area contributed by atoms with Crippen LogP contribution in [0.4, 0.5) is 10.5 Å². The average Bonchev–Trinajstić information content (AvgIpc) is 2.43. The van der Waals surface area contributed by atoms with E-state index in [1.807, 2.05) is 0 Å². The Hall–Kier alpha value is -2.08. The fourth-order valence-corrected chi connectivity index (χ4v) is 1.31. The standard InChI is InChI=1S/C14H20N2O4/c1-10(2)13(17)20-9-11-3-5-12(6-4-11)16-14(18)19-8-7-15/h3-6,10H,7-9,15H2,1-2H3,(H,16,18). The second kappa shape index (κ2) is 8.16. The monoisotopic (exact) mass is 280 g/mol. The summed E-state index contributed by atoms with van der Waals surface area (Å²) in [5.74, 6) is -0.384. The summed E-state index contributed by atoms with van der Waals surface area (Å²) in [5, 5.41) is 2.56. The summed E-state index contributed by atoms with van der Waals surface area (Å²) in [7, 11) is 0. The van der Waals surface area contributed by atoms with Crippen LogP contribution >= 0.6 is 0 Å². The second-order valence-corrected chi connectivity index (χ2v) is 4.51. The zero-order chi connectivity index (χ0) is 15.0. The van der Waals surface area contributed by atoms with Gasteiger partial charge in [0.25, 0.3) is 0 Å². The summed E-state index contributed by atoms with van der Waals surface area (Å²) < 4.78 is 9.88. The first kappa shape index (κ1) is 16.0. The van der Waals surface area contributed by atoms with Crippen LogP contribution in [0.5, 0.6) is 0 Å². The van der Waals surface area contributed by atoms with Gasteiger partial charge in [-0.3, -0.25) is 10.1 Å². The number of anilines is 1. The minimum atomic E-state index is -0.547. The molecule has 0 fully saturated rings. The molecule has 0 radical (unpaired) electrons. The number of nitrogens with one attached hydrogen (secondary N) is 1. The van der Waals surface area contributed by atoms with Gasteiger partial charge in [0.05, 0.1) is 5.92 Å². The van der Waals surface area contributed by atoms with Crippen molar-refractivity contribution in [2.45, 2.75) is 20.5 Å². The quantitative estimate of drug-likeness (QED) is 0.776. The van der Waals surface area contributed by atoms with E-state index in [-0.39, 0.29) is 31.6 Å². The highest BCUT2D eigenvalue weighted by Gasteiger charge is 2.08. The predicted octanol–water partition coefficient (Wildman–Crippen LogP) is 1.89. The minimum Gasteiger partial charge on any atom is -0.461 e. The van der Waals surface area contributed by atoms with Crippen LogP contribution in [0.15, 0.2) is 24.3 Å². The molecule has 0 aliphatic carbocycles. The largest absolute Gasteiger partial charge is 0.461 e. The Bertz CT molecular complexity index is 443. The van der Waals surface area contributed by atoms with Crippen molar-refractivity contribution in [1.29, 1.82) is 0 Å². The number of carbonyl (C=O) groups is 2. The normalized spacial score (nSPS) is 10.2. The van der Waals surface area contributed by atoms with Crippen LogP contribution in [0.25, 0.3) is 0 Å². The van der Waals surface area contributed by atoms with E-state index < -0.39 is 6.09 Å². The number of benzene rings is 1. The number of ether oxygens (including phenoxy) is 2. The van der Waals surface area contributed by atoms with Gasteiger partial charge in [-0.15, -0.1) is 0 Å². The molecule has 6 heteroatoms. The lowest BCUT2D eigenvalue weighted by Crippen LogP contribution is -2.18. The molecule has 0 aromatic heterocycles. The van der Waals surface area contributed by atoms with Gasteiger partial charge in [-0.1, -0.05) is 26.0 Å². The molecule has 0 bridgehead atoms. The number of carbonyl (C=O) groups excluding carboxylic acids is 2. The Balaban J connectivity index is 2.44. The predicted molar refractivity (Wildman–Crippen MR) is 75.1 cm³/mol. The van der Waals surface area contributed by atoms with E-state index in [1.165, 1.54) is 0 Å². The molecule has 0 saturated heterocycles. The molecule has 110 valence electrons. The van der Waals surface area contributed by atoms with Gasteiger partial charge in [0, 0.05) is 12.2 Å². The summed E-state index contributed by atoms with van der Waals surface area (Å²) in [4.78, 5) is 22.6. The number of amides is 1. The number of esters is 1. The molecule has 0 spiro atoms. The maximum atomic E-state index is 11.3. The summed E-state index contributed by atoms with van der Waals surface area (Å²) in [6.45, 7) is 4.24. The lowest BCUT2D eigenvalue weighted by Gasteiger charge is -2.09. The van der Waals surface area contributed by atoms with E-state index in [1.54, 1.807) is 38.1 Å². The van der Waals surface area contributed by atoms with Crippen LogP contribution in [0, 0.1) is 5.92 Å². The second-order valence-electron chi connectivity index (χ2n) is 4.51. The molecule has 0 heterocycles. The molecule has 1 rings (SSSR count). The van der Waals surface area contributed by atoms with Crippen LogP contribution in [-0.2, 0) is 20.9 Å². The van der Waals surface area contributed by atoms with E-state index >= 15 is 0 Å². The Labute approximate surface area is 118 Å². The highest BCUT2D eigenvalue weighted by Crippen LogP contribution is 2.11. The molecular formula is C14H20N2O4. The SMILES string of the molecule is CC(C)C(=O)OCc1ccc(NC(=O)OCCN)cc1. The average molecular weight is 280 g/mol. The zero-order valence-electron chi connectivity index (χ0n) is 11.7. The lowest BCUT2D eigenvalue weighted by molar-refractivity contribution is -0.148. The van der Waals surface area contributed by atoms with Gasteiger partial charge >= 0.3 is 12.1 Å². The number of hydrogen-bond donors (Lipinski definition) is 2. The fraction of sp³-hybridized carbons (Fsp3) is 0.429. The van der Waals surface area contributed by atoms with Gasteiger partial charge < -0.3 is 15.2 Å². The van der Waals surface area contributed by atoms with Crippen molar-refractivity contribution in [3.8, 4) is 0 Å². The van der Waals surface area contributed by atoms with Gasteiger partial charge in [0.2, 0.25) is 0 Å². The topological polar surface area (TPSA) is 90.6 Å². The summed E-state index contributed by atoms with van der Waals surface area (Å²) >= 11 is 0. The number of rotatable bonds is 6. The smallest absolute Gasteiger partial charge is 0.411 e. The van der Waals surface area contributed by atoms with Crippen molar-refractivity contribution in [3.05, 3.63) is 29.8 Å². The summed E-state index contributed by atoms with van der Waals surface area (Å²) in [6, 6.07) is 6.96. The minimum absolute atomic E-state index is 0.145. The molecule has 6 nitrogen and oxygen atoms in total. The third-order valence-electron chi connectivity index (χ3n) is 2.40. The first-order valence-corrected chi connectivity index (χ1v) is 6.42. The van der Waals surface area contributed by atoms with Crippen molar-refractivity contribution in [1.82, 2.24) is 0 Å². The Morgan fingerprint density at radius 3 is 2.40 bits per heavy atom. The lowest BCUT2D eigenvalue weighted by atomic mass is 10.2. The third-order valence-corrected chi connectivity index (χ3v) is 2.40. The summed E-state index contributed by atoms with van der Waals surface area (Å²) in [6.07, 6.45) is -0.547. The maximum absolute atomic E-state index is 11.3. The molecule has 0 aliphatic rings. The molecule has 1 aromatic carbocycles. The Morgan fingerprint density at radius 1 is 1.20 bits per heavy atom. The van der Waals surface area contributed by atoms with Crippen LogP contribution in [0.2, 0.25) is 0 Å². The van der Waals surface area contributed by atoms with E-state index in [0.29, 0.717) is 5.69 Å². The van der Waals surface area contributed by atoms with Gasteiger partial charge in [0.15, 0.2) is 0 Å². The Morgan fingerprint density at radius 2 is 1.85 bits per heavy atom. The molecule has 3 N–H and O–H groups in total. The van der Waals surface area contributed by atoms with E-state index in [4.69, 9.17) is 15.2 Å². The van der Waals surface area contributed by atoms with Crippen molar-refractivity contribution in [3.63, 3.8) is 0 Å².